The lowest BCUT2D eigenvalue weighted by Crippen LogP contribution is -1.84. The van der Waals surface area contributed by atoms with Crippen LogP contribution in [0.1, 0.15) is 0 Å². The van der Waals surface area contributed by atoms with Gasteiger partial charge in [-0.25, -0.2) is 0 Å². The standard InChI is InChI=1S/C12H8I2O/c13-9-3-1-5-11(7-9)15-12-6-2-4-10(14)8-12/h1-8H. The largest absolute Gasteiger partial charge is 0.457 e. The summed E-state index contributed by atoms with van der Waals surface area (Å²) in [6.45, 7) is 0. The molecule has 0 atom stereocenters. The number of hydrogen-bond acceptors (Lipinski definition) is 1. The van der Waals surface area contributed by atoms with E-state index in [2.05, 4.69) is 45.2 Å². The summed E-state index contributed by atoms with van der Waals surface area (Å²) in [7, 11) is 0. The van der Waals surface area contributed by atoms with E-state index in [0.29, 0.717) is 0 Å². The van der Waals surface area contributed by atoms with Crippen molar-refractivity contribution in [1.82, 2.24) is 0 Å². The molecule has 0 radical (unpaired) electrons. The van der Waals surface area contributed by atoms with Gasteiger partial charge in [0, 0.05) is 7.14 Å². The van der Waals surface area contributed by atoms with Gasteiger partial charge in [0.1, 0.15) is 11.5 Å². The first-order valence-corrected chi connectivity index (χ1v) is 6.59. The van der Waals surface area contributed by atoms with Gasteiger partial charge in [-0.05, 0) is 81.6 Å². The lowest BCUT2D eigenvalue weighted by Gasteiger charge is -2.05. The molecule has 0 bridgehead atoms. The molecule has 1 nitrogen and oxygen atoms in total. The maximum atomic E-state index is 5.73. The van der Waals surface area contributed by atoms with Crippen molar-refractivity contribution >= 4 is 45.2 Å². The number of rotatable bonds is 2. The van der Waals surface area contributed by atoms with Crippen LogP contribution in [-0.4, -0.2) is 0 Å². The van der Waals surface area contributed by atoms with Crippen LogP contribution in [0, 0.1) is 7.14 Å². The summed E-state index contributed by atoms with van der Waals surface area (Å²) in [6.07, 6.45) is 0. The molecule has 0 N–H and O–H groups in total. The Morgan fingerprint density at radius 1 is 0.733 bits per heavy atom. The third kappa shape index (κ3) is 3.34. The minimum Gasteiger partial charge on any atom is -0.457 e. The Kier molecular flexibility index (Phi) is 3.85. The summed E-state index contributed by atoms with van der Waals surface area (Å²) in [6, 6.07) is 16.0. The van der Waals surface area contributed by atoms with Crippen molar-refractivity contribution in [2.75, 3.05) is 0 Å². The molecule has 0 fully saturated rings. The van der Waals surface area contributed by atoms with Crippen molar-refractivity contribution in [3.8, 4) is 11.5 Å². The molecule has 0 aromatic heterocycles. The van der Waals surface area contributed by atoms with E-state index in [-0.39, 0.29) is 0 Å². The highest BCUT2D eigenvalue weighted by molar-refractivity contribution is 14.1. The first kappa shape index (κ1) is 11.2. The molecule has 2 aromatic rings. The van der Waals surface area contributed by atoms with E-state index in [1.807, 2.05) is 48.5 Å². The zero-order chi connectivity index (χ0) is 10.7. The number of ether oxygens (including phenoxy) is 1. The van der Waals surface area contributed by atoms with Gasteiger partial charge in [0.15, 0.2) is 0 Å². The summed E-state index contributed by atoms with van der Waals surface area (Å²) in [5.41, 5.74) is 0. The van der Waals surface area contributed by atoms with Crippen LogP contribution in [0.15, 0.2) is 48.5 Å². The van der Waals surface area contributed by atoms with Crippen molar-refractivity contribution in [2.24, 2.45) is 0 Å². The summed E-state index contributed by atoms with van der Waals surface area (Å²) in [5.74, 6) is 1.76. The first-order valence-electron chi connectivity index (χ1n) is 4.43. The molecular formula is C12H8I2O. The fraction of sp³-hybridized carbons (Fsp3) is 0. The molecule has 3 heteroatoms. The van der Waals surface area contributed by atoms with Gasteiger partial charge < -0.3 is 4.74 Å². The fourth-order valence-electron chi connectivity index (χ4n) is 1.20. The van der Waals surface area contributed by atoms with Gasteiger partial charge in [0.25, 0.3) is 0 Å². The van der Waals surface area contributed by atoms with Crippen molar-refractivity contribution in [1.29, 1.82) is 0 Å². The lowest BCUT2D eigenvalue weighted by molar-refractivity contribution is 0.482. The third-order valence-electron chi connectivity index (χ3n) is 1.83. The zero-order valence-electron chi connectivity index (χ0n) is 7.78. The first-order chi connectivity index (χ1) is 7.24. The van der Waals surface area contributed by atoms with Gasteiger partial charge in [-0.3, -0.25) is 0 Å². The van der Waals surface area contributed by atoms with Crippen LogP contribution in [0.4, 0.5) is 0 Å². The second-order valence-electron chi connectivity index (χ2n) is 3.02. The van der Waals surface area contributed by atoms with E-state index >= 15 is 0 Å². The van der Waals surface area contributed by atoms with Crippen LogP contribution < -0.4 is 4.74 Å². The Labute approximate surface area is 116 Å². The predicted molar refractivity (Wildman–Crippen MR) is 78.4 cm³/mol. The van der Waals surface area contributed by atoms with Crippen LogP contribution in [0.3, 0.4) is 0 Å². The zero-order valence-corrected chi connectivity index (χ0v) is 12.1. The number of benzene rings is 2. The van der Waals surface area contributed by atoms with E-state index in [1.165, 1.54) is 7.14 Å². The second-order valence-corrected chi connectivity index (χ2v) is 5.51. The minimum absolute atomic E-state index is 0.879. The molecule has 0 unspecified atom stereocenters. The van der Waals surface area contributed by atoms with E-state index in [0.717, 1.165) is 11.5 Å². The average molecular weight is 422 g/mol. The normalized spacial score (nSPS) is 10.0. The lowest BCUT2D eigenvalue weighted by atomic mass is 10.3. The second kappa shape index (κ2) is 5.16. The van der Waals surface area contributed by atoms with Crippen molar-refractivity contribution in [3.63, 3.8) is 0 Å². The molecule has 0 saturated heterocycles. The molecule has 0 amide bonds. The van der Waals surface area contributed by atoms with Gasteiger partial charge in [0.2, 0.25) is 0 Å². The smallest absolute Gasteiger partial charge is 0.128 e. The highest BCUT2D eigenvalue weighted by atomic mass is 127. The quantitative estimate of drug-likeness (QED) is 0.639. The Bertz CT molecular complexity index is 425. The monoisotopic (exact) mass is 422 g/mol. The Morgan fingerprint density at radius 2 is 1.20 bits per heavy atom. The van der Waals surface area contributed by atoms with E-state index in [1.54, 1.807) is 0 Å². The maximum absolute atomic E-state index is 5.73. The maximum Gasteiger partial charge on any atom is 0.128 e. The van der Waals surface area contributed by atoms with Crippen LogP contribution in [0.2, 0.25) is 0 Å². The van der Waals surface area contributed by atoms with E-state index in [9.17, 15) is 0 Å². The molecule has 0 aliphatic rings. The predicted octanol–water partition coefficient (Wildman–Crippen LogP) is 4.69. The van der Waals surface area contributed by atoms with Gasteiger partial charge >= 0.3 is 0 Å². The summed E-state index contributed by atoms with van der Waals surface area (Å²) in [4.78, 5) is 0. The van der Waals surface area contributed by atoms with Gasteiger partial charge in [-0.2, -0.15) is 0 Å². The van der Waals surface area contributed by atoms with E-state index < -0.39 is 0 Å². The van der Waals surface area contributed by atoms with Crippen molar-refractivity contribution in [3.05, 3.63) is 55.7 Å². The topological polar surface area (TPSA) is 9.23 Å². The van der Waals surface area contributed by atoms with Crippen LogP contribution in [0.25, 0.3) is 0 Å². The molecular weight excluding hydrogens is 414 g/mol. The van der Waals surface area contributed by atoms with Gasteiger partial charge in [-0.15, -0.1) is 0 Å². The molecule has 0 aliphatic heterocycles. The molecule has 0 saturated carbocycles. The molecule has 0 spiro atoms. The highest BCUT2D eigenvalue weighted by Crippen LogP contribution is 2.23. The van der Waals surface area contributed by atoms with Crippen molar-refractivity contribution < 1.29 is 4.74 Å². The Balaban J connectivity index is 2.22. The molecule has 2 rings (SSSR count). The molecule has 2 aromatic carbocycles. The summed E-state index contributed by atoms with van der Waals surface area (Å²) >= 11 is 4.55. The van der Waals surface area contributed by atoms with E-state index in [4.69, 9.17) is 4.74 Å². The number of hydrogen-bond donors (Lipinski definition) is 0. The van der Waals surface area contributed by atoms with Gasteiger partial charge in [0.05, 0.1) is 0 Å². The summed E-state index contributed by atoms with van der Waals surface area (Å²) < 4.78 is 8.08. The molecule has 15 heavy (non-hydrogen) atoms. The molecule has 76 valence electrons. The van der Waals surface area contributed by atoms with Crippen molar-refractivity contribution in [2.45, 2.75) is 0 Å². The SMILES string of the molecule is Ic1cccc(Oc2cccc(I)c2)c1. The number of halogens is 2. The average Bonchev–Trinajstić information content (AvgIpc) is 2.17. The Hall–Kier alpha value is -0.300. The molecule has 0 aliphatic carbocycles. The highest BCUT2D eigenvalue weighted by Gasteiger charge is 1.97. The summed E-state index contributed by atoms with van der Waals surface area (Å²) in [5, 5.41) is 0. The third-order valence-corrected chi connectivity index (χ3v) is 3.17. The van der Waals surface area contributed by atoms with Gasteiger partial charge in [-0.1, -0.05) is 12.1 Å². The minimum atomic E-state index is 0.879. The Morgan fingerprint density at radius 3 is 1.60 bits per heavy atom. The molecule has 0 heterocycles. The van der Waals surface area contributed by atoms with Crippen LogP contribution in [0.5, 0.6) is 11.5 Å². The fourth-order valence-corrected chi connectivity index (χ4v) is 2.23. The van der Waals surface area contributed by atoms with Crippen LogP contribution in [-0.2, 0) is 0 Å². The van der Waals surface area contributed by atoms with Crippen LogP contribution >= 0.6 is 45.2 Å².